The van der Waals surface area contributed by atoms with Crippen molar-refractivity contribution >= 4 is 0 Å². The van der Waals surface area contributed by atoms with E-state index in [1.54, 1.807) is 0 Å². The molecular formula is C29H47NO. The van der Waals surface area contributed by atoms with Gasteiger partial charge in [0.2, 0.25) is 0 Å². The number of benzene rings is 1. The van der Waals surface area contributed by atoms with Crippen molar-refractivity contribution in [3.8, 4) is 5.75 Å². The van der Waals surface area contributed by atoms with Crippen molar-refractivity contribution in [1.82, 2.24) is 5.32 Å². The molecule has 1 saturated heterocycles. The van der Waals surface area contributed by atoms with Crippen LogP contribution < -0.4 is 10.1 Å². The smallest absolute Gasteiger partial charge is 0.119 e. The summed E-state index contributed by atoms with van der Waals surface area (Å²) in [5.41, 5.74) is 1.81. The van der Waals surface area contributed by atoms with E-state index >= 15 is 0 Å². The quantitative estimate of drug-likeness (QED) is 0.390. The Morgan fingerprint density at radius 3 is 2.61 bits per heavy atom. The molecule has 1 aromatic rings. The van der Waals surface area contributed by atoms with Gasteiger partial charge in [0.1, 0.15) is 5.75 Å². The molecule has 2 nitrogen and oxygen atoms in total. The summed E-state index contributed by atoms with van der Waals surface area (Å²) in [6, 6.07) is 9.08. The molecule has 2 fully saturated rings. The van der Waals surface area contributed by atoms with Gasteiger partial charge in [-0.2, -0.15) is 0 Å². The average Bonchev–Trinajstić information content (AvgIpc) is 2.75. The van der Waals surface area contributed by atoms with Crippen LogP contribution in [0.2, 0.25) is 0 Å². The second-order valence-electron chi connectivity index (χ2n) is 10.8. The maximum absolute atomic E-state index is 6.02. The third-order valence-electron chi connectivity index (χ3n) is 8.15. The molecule has 1 saturated carbocycles. The van der Waals surface area contributed by atoms with E-state index in [9.17, 15) is 0 Å². The molecule has 0 radical (unpaired) electrons. The monoisotopic (exact) mass is 425 g/mol. The zero-order chi connectivity index (χ0) is 22.4. The Morgan fingerprint density at radius 1 is 1.13 bits per heavy atom. The molecule has 2 bridgehead atoms. The van der Waals surface area contributed by atoms with Gasteiger partial charge in [-0.15, -0.1) is 0 Å². The lowest BCUT2D eigenvalue weighted by atomic mass is 9.52. The van der Waals surface area contributed by atoms with E-state index in [1.807, 2.05) is 0 Å². The second-order valence-corrected chi connectivity index (χ2v) is 10.8. The minimum atomic E-state index is 0.301. The van der Waals surface area contributed by atoms with Crippen LogP contribution in [0, 0.1) is 29.6 Å². The second kappa shape index (κ2) is 11.0. The zero-order valence-electron chi connectivity index (χ0n) is 21.0. The van der Waals surface area contributed by atoms with Gasteiger partial charge in [-0.3, -0.25) is 0 Å². The van der Waals surface area contributed by atoms with Crippen molar-refractivity contribution in [1.29, 1.82) is 0 Å². The molecule has 2 aliphatic rings. The largest absolute Gasteiger partial charge is 0.494 e. The predicted octanol–water partition coefficient (Wildman–Crippen LogP) is 7.60. The van der Waals surface area contributed by atoms with Gasteiger partial charge in [-0.1, -0.05) is 65.8 Å². The van der Waals surface area contributed by atoms with Gasteiger partial charge in [-0.25, -0.2) is 0 Å². The molecule has 1 aliphatic heterocycles. The Balaban J connectivity index is 1.92. The van der Waals surface area contributed by atoms with E-state index in [0.29, 0.717) is 23.3 Å². The minimum Gasteiger partial charge on any atom is -0.494 e. The third-order valence-corrected chi connectivity index (χ3v) is 8.15. The fourth-order valence-corrected chi connectivity index (χ4v) is 6.59. The molecule has 3 rings (SSSR count). The molecule has 5 atom stereocenters. The molecule has 5 unspecified atom stereocenters. The summed E-state index contributed by atoms with van der Waals surface area (Å²) in [5, 5.41) is 4.16. The maximum Gasteiger partial charge on any atom is 0.119 e. The average molecular weight is 426 g/mol. The number of ether oxygens (including phenoxy) is 1. The van der Waals surface area contributed by atoms with Crippen LogP contribution in [0.25, 0.3) is 0 Å². The van der Waals surface area contributed by atoms with Crippen LogP contribution in [0.4, 0.5) is 0 Å². The van der Waals surface area contributed by atoms with Crippen LogP contribution in [0.15, 0.2) is 36.4 Å². The first-order valence-electron chi connectivity index (χ1n) is 13.0. The fourth-order valence-electron chi connectivity index (χ4n) is 6.59. The van der Waals surface area contributed by atoms with Crippen molar-refractivity contribution in [3.63, 3.8) is 0 Å². The van der Waals surface area contributed by atoms with Gasteiger partial charge in [0.15, 0.2) is 0 Å². The first-order valence-corrected chi connectivity index (χ1v) is 13.0. The van der Waals surface area contributed by atoms with Crippen molar-refractivity contribution in [3.05, 3.63) is 42.0 Å². The summed E-state index contributed by atoms with van der Waals surface area (Å²) in [6.07, 6.45) is 12.1. The van der Waals surface area contributed by atoms with Crippen LogP contribution in [0.5, 0.6) is 5.75 Å². The zero-order valence-corrected chi connectivity index (χ0v) is 21.0. The normalized spacial score (nSPS) is 31.0. The highest BCUT2D eigenvalue weighted by Crippen LogP contribution is 2.55. The highest BCUT2D eigenvalue weighted by Gasteiger charge is 2.53. The molecule has 2 heteroatoms. The summed E-state index contributed by atoms with van der Waals surface area (Å²) >= 11 is 0. The molecule has 1 N–H and O–H groups in total. The fraction of sp³-hybridized carbons (Fsp3) is 0.724. The van der Waals surface area contributed by atoms with Crippen molar-refractivity contribution in [2.75, 3.05) is 13.2 Å². The van der Waals surface area contributed by atoms with E-state index in [2.05, 4.69) is 83.3 Å². The first-order chi connectivity index (χ1) is 14.9. The molecular weight excluding hydrogens is 378 g/mol. The lowest BCUT2D eigenvalue weighted by Crippen LogP contribution is -2.64. The maximum atomic E-state index is 6.02. The number of fused-ring (bicyclic) bond motifs is 2. The molecule has 1 heterocycles. The number of allylic oxidation sites excluding steroid dienone is 2. The number of rotatable bonds is 10. The number of hydrogen-bond donors (Lipinski definition) is 1. The summed E-state index contributed by atoms with van der Waals surface area (Å²) in [5.74, 6) is 5.33. The third kappa shape index (κ3) is 5.56. The summed E-state index contributed by atoms with van der Waals surface area (Å²) in [6.45, 7) is 16.1. The lowest BCUT2D eigenvalue weighted by molar-refractivity contribution is -0.0236. The minimum absolute atomic E-state index is 0.301. The predicted molar refractivity (Wildman–Crippen MR) is 134 cm³/mol. The number of nitrogens with one attached hydrogen (secondary N) is 1. The number of hydrogen-bond acceptors (Lipinski definition) is 2. The van der Waals surface area contributed by atoms with Gasteiger partial charge >= 0.3 is 0 Å². The SMILES string of the molecule is CCC=CCCC12CC(C(c3cccc(OCCC)c3)CC1C(C)C)C(C(C)C)CN2. The summed E-state index contributed by atoms with van der Waals surface area (Å²) in [4.78, 5) is 0. The Morgan fingerprint density at radius 2 is 1.94 bits per heavy atom. The van der Waals surface area contributed by atoms with Gasteiger partial charge in [0.05, 0.1) is 6.61 Å². The van der Waals surface area contributed by atoms with Crippen molar-refractivity contribution in [2.45, 2.75) is 91.5 Å². The summed E-state index contributed by atoms with van der Waals surface area (Å²) < 4.78 is 6.02. The van der Waals surface area contributed by atoms with Gasteiger partial charge in [-0.05, 0) is 98.3 Å². The Labute approximate surface area is 192 Å². The topological polar surface area (TPSA) is 21.3 Å². The first kappa shape index (κ1) is 24.4. The van der Waals surface area contributed by atoms with E-state index in [-0.39, 0.29) is 0 Å². The van der Waals surface area contributed by atoms with E-state index in [4.69, 9.17) is 4.74 Å². The lowest BCUT2D eigenvalue weighted by Gasteiger charge is -2.59. The Hall–Kier alpha value is -1.28. The molecule has 31 heavy (non-hydrogen) atoms. The molecule has 0 aromatic heterocycles. The van der Waals surface area contributed by atoms with Crippen LogP contribution in [-0.2, 0) is 0 Å². The molecule has 0 spiro atoms. The molecule has 1 aromatic carbocycles. The van der Waals surface area contributed by atoms with Crippen LogP contribution in [0.3, 0.4) is 0 Å². The van der Waals surface area contributed by atoms with Crippen LogP contribution in [-0.4, -0.2) is 18.7 Å². The Kier molecular flexibility index (Phi) is 8.67. The van der Waals surface area contributed by atoms with Crippen LogP contribution >= 0.6 is 0 Å². The van der Waals surface area contributed by atoms with E-state index in [0.717, 1.165) is 43.0 Å². The molecule has 0 amide bonds. The standard InChI is InChI=1S/C29H47NO/c1-7-9-10-11-15-29-19-26(27(20-30-29)21(3)4)25(18-28(29)22(5)6)23-13-12-14-24(17-23)31-16-8-2/h9-10,12-14,17,21-22,25-28,30H,7-8,11,15-16,18-20H2,1-6H3. The highest BCUT2D eigenvalue weighted by molar-refractivity contribution is 5.33. The van der Waals surface area contributed by atoms with Crippen molar-refractivity contribution in [2.24, 2.45) is 29.6 Å². The molecule has 174 valence electrons. The van der Waals surface area contributed by atoms with Crippen molar-refractivity contribution < 1.29 is 4.74 Å². The van der Waals surface area contributed by atoms with E-state index < -0.39 is 0 Å². The molecule has 1 aliphatic carbocycles. The van der Waals surface area contributed by atoms with Gasteiger partial charge < -0.3 is 10.1 Å². The Bertz CT molecular complexity index is 708. The van der Waals surface area contributed by atoms with Gasteiger partial charge in [0.25, 0.3) is 0 Å². The number of piperidine rings is 1. The van der Waals surface area contributed by atoms with E-state index in [1.165, 1.54) is 37.8 Å². The highest BCUT2D eigenvalue weighted by atomic mass is 16.5. The summed E-state index contributed by atoms with van der Waals surface area (Å²) in [7, 11) is 0. The van der Waals surface area contributed by atoms with Gasteiger partial charge in [0, 0.05) is 5.54 Å². The van der Waals surface area contributed by atoms with Crippen LogP contribution in [0.1, 0.15) is 91.5 Å².